The van der Waals surface area contributed by atoms with Gasteiger partial charge in [0.05, 0.1) is 6.04 Å². The van der Waals surface area contributed by atoms with Gasteiger partial charge >= 0.3 is 6.09 Å². The normalized spacial score (nSPS) is 17.8. The van der Waals surface area contributed by atoms with Crippen molar-refractivity contribution in [2.24, 2.45) is 17.3 Å². The average molecular weight is 462 g/mol. The van der Waals surface area contributed by atoms with Crippen molar-refractivity contribution in [2.45, 2.75) is 46.6 Å². The Morgan fingerprint density at radius 3 is 2.35 bits per heavy atom. The highest BCUT2D eigenvalue weighted by molar-refractivity contribution is 5.98. The lowest BCUT2D eigenvalue weighted by atomic mass is 9.66. The minimum atomic E-state index is -1.02. The number of nitrogens with zero attached hydrogens (tertiary/aromatic N) is 1. The lowest BCUT2D eigenvalue weighted by Gasteiger charge is -2.42. The molecule has 0 aromatic heterocycles. The number of Topliss-reactive ketones (excluding diaryl/α,β-unsaturated/α-hetero) is 1. The summed E-state index contributed by atoms with van der Waals surface area (Å²) in [6, 6.07) is 17.5. The van der Waals surface area contributed by atoms with Gasteiger partial charge in [0.15, 0.2) is 5.78 Å². The number of carbonyl (C=O) groups is 2. The number of hydrogen-bond acceptors (Lipinski definition) is 2. The fourth-order valence-electron chi connectivity index (χ4n) is 5.52. The minimum Gasteiger partial charge on any atom is -0.465 e. The van der Waals surface area contributed by atoms with E-state index >= 15 is 0 Å². The third kappa shape index (κ3) is 4.56. The van der Waals surface area contributed by atoms with Gasteiger partial charge in [-0.05, 0) is 53.2 Å². The van der Waals surface area contributed by atoms with Crippen molar-refractivity contribution in [3.05, 3.63) is 83.2 Å². The molecule has 0 saturated carbocycles. The van der Waals surface area contributed by atoms with Crippen LogP contribution in [0.15, 0.2) is 60.7 Å². The van der Waals surface area contributed by atoms with Gasteiger partial charge in [0, 0.05) is 23.9 Å². The molecule has 0 heterocycles. The number of carbonyl (C=O) groups excluding carboxylic acids is 1. The Labute approximate surface area is 200 Å². The van der Waals surface area contributed by atoms with E-state index in [2.05, 4.69) is 20.8 Å². The molecular weight excluding hydrogens is 429 g/mol. The zero-order chi connectivity index (χ0) is 24.6. The first-order valence-corrected chi connectivity index (χ1v) is 11.9. The summed E-state index contributed by atoms with van der Waals surface area (Å²) in [6.07, 6.45) is 0.156. The molecule has 3 aromatic rings. The molecule has 1 N–H and O–H groups in total. The molecule has 3 atom stereocenters. The van der Waals surface area contributed by atoms with Gasteiger partial charge in [0.2, 0.25) is 0 Å². The summed E-state index contributed by atoms with van der Waals surface area (Å²) in [6.45, 7) is 8.49. The van der Waals surface area contributed by atoms with E-state index < -0.39 is 12.1 Å². The van der Waals surface area contributed by atoms with E-state index in [-0.39, 0.29) is 28.9 Å². The second-order valence-corrected chi connectivity index (χ2v) is 10.5. The number of rotatable bonds is 5. The molecule has 0 spiro atoms. The number of ketones is 1. The highest BCUT2D eigenvalue weighted by Crippen LogP contribution is 2.41. The minimum absolute atomic E-state index is 0.0323. The van der Waals surface area contributed by atoms with Crippen molar-refractivity contribution < 1.29 is 19.1 Å². The largest absolute Gasteiger partial charge is 0.465 e. The van der Waals surface area contributed by atoms with E-state index in [1.807, 2.05) is 43.3 Å². The molecule has 3 aromatic carbocycles. The van der Waals surface area contributed by atoms with E-state index in [9.17, 15) is 19.1 Å². The first-order valence-electron chi connectivity index (χ1n) is 11.9. The van der Waals surface area contributed by atoms with Crippen molar-refractivity contribution in [3.63, 3.8) is 0 Å². The third-order valence-corrected chi connectivity index (χ3v) is 7.39. The molecule has 0 bridgehead atoms. The average Bonchev–Trinajstić information content (AvgIpc) is 2.78. The second kappa shape index (κ2) is 9.21. The van der Waals surface area contributed by atoms with E-state index in [1.165, 1.54) is 11.0 Å². The van der Waals surface area contributed by atoms with Gasteiger partial charge in [0.1, 0.15) is 5.82 Å². The summed E-state index contributed by atoms with van der Waals surface area (Å²) in [5, 5.41) is 11.4. The van der Waals surface area contributed by atoms with Crippen molar-refractivity contribution >= 4 is 22.6 Å². The second-order valence-electron chi connectivity index (χ2n) is 10.5. The molecule has 4 rings (SSSR count). The third-order valence-electron chi connectivity index (χ3n) is 7.39. The smallest absolute Gasteiger partial charge is 0.407 e. The highest BCUT2D eigenvalue weighted by Gasteiger charge is 2.39. The van der Waals surface area contributed by atoms with Crippen LogP contribution in [0.3, 0.4) is 0 Å². The number of fused-ring (bicyclic) bond motifs is 2. The van der Waals surface area contributed by atoms with E-state index in [4.69, 9.17) is 0 Å². The first-order chi connectivity index (χ1) is 16.1. The van der Waals surface area contributed by atoms with Crippen molar-refractivity contribution in [1.29, 1.82) is 0 Å². The highest BCUT2D eigenvalue weighted by atomic mass is 19.1. The molecule has 1 unspecified atom stereocenters. The van der Waals surface area contributed by atoms with Crippen LogP contribution in [0.4, 0.5) is 9.18 Å². The molecule has 178 valence electrons. The summed E-state index contributed by atoms with van der Waals surface area (Å²) in [5.41, 5.74) is 2.39. The fourth-order valence-corrected chi connectivity index (χ4v) is 5.52. The topological polar surface area (TPSA) is 57.6 Å². The van der Waals surface area contributed by atoms with Crippen LogP contribution in [0.1, 0.15) is 61.6 Å². The van der Waals surface area contributed by atoms with E-state index in [0.29, 0.717) is 18.4 Å². The van der Waals surface area contributed by atoms with Crippen molar-refractivity contribution in [2.75, 3.05) is 6.54 Å². The number of amides is 1. The predicted molar refractivity (Wildman–Crippen MR) is 133 cm³/mol. The Kier molecular flexibility index (Phi) is 6.48. The zero-order valence-electron chi connectivity index (χ0n) is 20.2. The van der Waals surface area contributed by atoms with E-state index in [1.54, 1.807) is 18.2 Å². The van der Waals surface area contributed by atoms with Crippen LogP contribution in [-0.4, -0.2) is 28.4 Å². The monoisotopic (exact) mass is 461 g/mol. The fraction of sp³-hybridized carbons (Fsp3) is 0.379. The van der Waals surface area contributed by atoms with Crippen LogP contribution in [-0.2, 0) is 6.42 Å². The molecule has 1 aliphatic carbocycles. The molecule has 0 fully saturated rings. The zero-order valence-corrected chi connectivity index (χ0v) is 20.2. The molecule has 0 aliphatic heterocycles. The number of carboxylic acid groups (broad SMARTS) is 1. The van der Waals surface area contributed by atoms with Crippen LogP contribution in [0.25, 0.3) is 10.8 Å². The summed E-state index contributed by atoms with van der Waals surface area (Å²) in [5.74, 6) is -0.183. The van der Waals surface area contributed by atoms with Gasteiger partial charge in [-0.25, -0.2) is 9.18 Å². The van der Waals surface area contributed by atoms with Crippen LogP contribution >= 0.6 is 0 Å². The van der Waals surface area contributed by atoms with Gasteiger partial charge in [-0.2, -0.15) is 0 Å². The maximum absolute atomic E-state index is 14.4. The molecule has 1 amide bonds. The molecule has 34 heavy (non-hydrogen) atoms. The van der Waals surface area contributed by atoms with Gasteiger partial charge in [-0.1, -0.05) is 75.4 Å². The first kappa shape index (κ1) is 23.9. The molecule has 0 saturated heterocycles. The maximum atomic E-state index is 14.4. The summed E-state index contributed by atoms with van der Waals surface area (Å²) < 4.78 is 14.4. The molecule has 5 heteroatoms. The Balaban J connectivity index is 1.69. The van der Waals surface area contributed by atoms with Gasteiger partial charge in [-0.3, -0.25) is 4.79 Å². The quantitative estimate of drug-likeness (QED) is 0.440. The Morgan fingerprint density at radius 2 is 1.68 bits per heavy atom. The molecule has 1 aliphatic rings. The van der Waals surface area contributed by atoms with E-state index in [0.717, 1.165) is 28.5 Å². The van der Waals surface area contributed by atoms with Gasteiger partial charge in [-0.15, -0.1) is 0 Å². The number of halogens is 1. The van der Waals surface area contributed by atoms with Gasteiger partial charge in [0.25, 0.3) is 0 Å². The predicted octanol–water partition coefficient (Wildman–Crippen LogP) is 7.13. The van der Waals surface area contributed by atoms with Crippen molar-refractivity contribution in [3.8, 4) is 0 Å². The standard InChI is InChI=1S/C29H32FNO3/c1-18(21-13-14-26(30)24-12-8-7-11-23(21)24)31(28(33)34)17-25(29(2,3)4)20-15-19-9-5-6-10-22(19)27(32)16-20/h5-14,18,20,25H,15-17H2,1-4H3,(H,33,34)/t18-,20+,25?/m1/s1. The summed E-state index contributed by atoms with van der Waals surface area (Å²) >= 11 is 0. The summed E-state index contributed by atoms with van der Waals surface area (Å²) in [7, 11) is 0. The maximum Gasteiger partial charge on any atom is 0.407 e. The lowest BCUT2D eigenvalue weighted by Crippen LogP contribution is -2.44. The van der Waals surface area contributed by atoms with Crippen molar-refractivity contribution in [1.82, 2.24) is 4.90 Å². The molecule has 0 radical (unpaired) electrons. The number of benzene rings is 3. The summed E-state index contributed by atoms with van der Waals surface area (Å²) in [4.78, 5) is 26.9. The molecule has 4 nitrogen and oxygen atoms in total. The molecular formula is C29H32FNO3. The van der Waals surface area contributed by atoms with Crippen LogP contribution in [0.5, 0.6) is 0 Å². The Morgan fingerprint density at radius 1 is 1.03 bits per heavy atom. The number of hydrogen-bond donors (Lipinski definition) is 1. The Hall–Kier alpha value is -3.21. The van der Waals surface area contributed by atoms with Crippen LogP contribution < -0.4 is 0 Å². The Bertz CT molecular complexity index is 1230. The lowest BCUT2D eigenvalue weighted by molar-refractivity contribution is 0.0615. The van der Waals surface area contributed by atoms with Crippen LogP contribution in [0, 0.1) is 23.1 Å². The van der Waals surface area contributed by atoms with Crippen LogP contribution in [0.2, 0.25) is 0 Å². The van der Waals surface area contributed by atoms with Gasteiger partial charge < -0.3 is 10.0 Å². The SMILES string of the molecule is C[C@H](c1ccc(F)c2ccccc12)N(CC([C@@H]1CC(=O)c2ccccc2C1)C(C)(C)C)C(=O)O.